The lowest BCUT2D eigenvalue weighted by Gasteiger charge is -2.08. The number of nitrogens with one attached hydrogen (secondary N) is 2. The summed E-state index contributed by atoms with van der Waals surface area (Å²) in [5.74, 6) is -1.44. The lowest BCUT2D eigenvalue weighted by atomic mass is 10.2. The lowest BCUT2D eigenvalue weighted by molar-refractivity contribution is 0.450. The third-order valence-corrected chi connectivity index (χ3v) is 4.72. The highest BCUT2D eigenvalue weighted by Crippen LogP contribution is 2.24. The number of imidazole rings is 1. The van der Waals surface area contributed by atoms with Crippen molar-refractivity contribution in [2.45, 2.75) is 6.54 Å². The highest BCUT2D eigenvalue weighted by molar-refractivity contribution is 5.73. The van der Waals surface area contributed by atoms with Gasteiger partial charge in [0.25, 0.3) is 17.1 Å². The van der Waals surface area contributed by atoms with Crippen LogP contribution in [0, 0.1) is 5.82 Å². The van der Waals surface area contributed by atoms with E-state index in [0.29, 0.717) is 5.56 Å². The summed E-state index contributed by atoms with van der Waals surface area (Å²) in [6.07, 6.45) is 0. The lowest BCUT2D eigenvalue weighted by Crippen LogP contribution is -2.37. The highest BCUT2D eigenvalue weighted by atomic mass is 19.1. The Labute approximate surface area is 175 Å². The van der Waals surface area contributed by atoms with Gasteiger partial charge in [0.1, 0.15) is 5.82 Å². The molecule has 3 heterocycles. The van der Waals surface area contributed by atoms with E-state index in [4.69, 9.17) is 0 Å². The zero-order chi connectivity index (χ0) is 23.2. The van der Waals surface area contributed by atoms with Crippen molar-refractivity contribution < 1.29 is 9.50 Å². The number of H-pyrrole nitrogens is 2. The molecule has 4 aromatic rings. The Kier molecular flexibility index (Phi) is 4.88. The maximum absolute atomic E-state index is 13.3. The quantitative estimate of drug-likeness (QED) is 0.379. The first-order valence-corrected chi connectivity index (χ1v) is 9.05. The number of hydrogen-bond donors (Lipinski definition) is 3. The fourth-order valence-corrected chi connectivity index (χ4v) is 3.09. The smallest absolute Gasteiger partial charge is 0.332 e. The van der Waals surface area contributed by atoms with Crippen LogP contribution in [0.3, 0.4) is 0 Å². The standard InChI is InChI=1S/C18H15FN8O5/c1-25-12-11(15(30)26(2)18(25)32)27(7-8-3-5-9(19)6-4-8)16(20-12)24-23-10-13(28)21-17(31)22-14(10)29/h3-6H,7H2,1-2H3,(H3,21,22,28,29,31). The van der Waals surface area contributed by atoms with Crippen molar-refractivity contribution in [1.82, 2.24) is 28.7 Å². The maximum Gasteiger partial charge on any atom is 0.332 e. The SMILES string of the molecule is Cn1c(=O)c2c(nc(N=Nc3c(O)[nH]c(=O)[nH]c3=O)n2Cc2ccc(F)cc2)n(C)c1=O. The van der Waals surface area contributed by atoms with Crippen LogP contribution in [0.15, 0.2) is 53.7 Å². The van der Waals surface area contributed by atoms with Gasteiger partial charge in [-0.25, -0.2) is 14.0 Å². The Bertz CT molecular complexity index is 1620. The summed E-state index contributed by atoms with van der Waals surface area (Å²) >= 11 is 0. The van der Waals surface area contributed by atoms with Crippen molar-refractivity contribution in [2.24, 2.45) is 24.3 Å². The molecule has 4 rings (SSSR count). The molecule has 0 radical (unpaired) electrons. The summed E-state index contributed by atoms with van der Waals surface area (Å²) in [4.78, 5) is 56.3. The van der Waals surface area contributed by atoms with Crippen molar-refractivity contribution in [2.75, 3.05) is 0 Å². The summed E-state index contributed by atoms with van der Waals surface area (Å²) in [5, 5.41) is 17.3. The van der Waals surface area contributed by atoms with Gasteiger partial charge in [0.05, 0.1) is 6.54 Å². The molecule has 3 N–H and O–H groups in total. The Morgan fingerprint density at radius 2 is 1.72 bits per heavy atom. The van der Waals surface area contributed by atoms with Crippen molar-refractivity contribution in [3.8, 4) is 5.88 Å². The number of benzene rings is 1. The van der Waals surface area contributed by atoms with E-state index in [2.05, 4.69) is 15.2 Å². The largest absolute Gasteiger partial charge is 0.493 e. The zero-order valence-electron chi connectivity index (χ0n) is 16.7. The third kappa shape index (κ3) is 3.42. The molecule has 0 saturated heterocycles. The van der Waals surface area contributed by atoms with Crippen LogP contribution < -0.4 is 22.5 Å². The van der Waals surface area contributed by atoms with Gasteiger partial charge in [-0.3, -0.25) is 33.3 Å². The van der Waals surface area contributed by atoms with Crippen LogP contribution in [-0.2, 0) is 20.6 Å². The highest BCUT2D eigenvalue weighted by Gasteiger charge is 2.20. The summed E-state index contributed by atoms with van der Waals surface area (Å²) < 4.78 is 16.7. The van der Waals surface area contributed by atoms with Crippen LogP contribution in [0.1, 0.15) is 5.56 Å². The first-order chi connectivity index (χ1) is 15.2. The molecular weight excluding hydrogens is 427 g/mol. The number of aromatic amines is 2. The minimum atomic E-state index is -1.00. The van der Waals surface area contributed by atoms with Gasteiger partial charge < -0.3 is 5.11 Å². The van der Waals surface area contributed by atoms with Gasteiger partial charge in [-0.15, -0.1) is 10.2 Å². The number of azo groups is 1. The molecule has 14 heteroatoms. The molecule has 0 bridgehead atoms. The van der Waals surface area contributed by atoms with Gasteiger partial charge in [0.2, 0.25) is 11.6 Å². The summed E-state index contributed by atoms with van der Waals surface area (Å²) in [6.45, 7) is 0.00649. The molecule has 0 amide bonds. The molecule has 13 nitrogen and oxygen atoms in total. The Morgan fingerprint density at radius 3 is 2.38 bits per heavy atom. The molecule has 0 aliphatic carbocycles. The summed E-state index contributed by atoms with van der Waals surface area (Å²) in [7, 11) is 2.72. The van der Waals surface area contributed by atoms with E-state index < -0.39 is 39.9 Å². The number of hydrogen-bond acceptors (Lipinski definition) is 8. The normalized spacial score (nSPS) is 11.6. The van der Waals surface area contributed by atoms with Gasteiger partial charge in [-0.05, 0) is 17.7 Å². The van der Waals surface area contributed by atoms with Gasteiger partial charge in [-0.2, -0.15) is 4.98 Å². The molecule has 0 spiro atoms. The van der Waals surface area contributed by atoms with Gasteiger partial charge >= 0.3 is 11.4 Å². The van der Waals surface area contributed by atoms with Crippen molar-refractivity contribution in [1.29, 1.82) is 0 Å². The summed E-state index contributed by atoms with van der Waals surface area (Å²) in [6, 6.07) is 5.46. The minimum Gasteiger partial charge on any atom is -0.493 e. The van der Waals surface area contributed by atoms with Crippen LogP contribution in [0.25, 0.3) is 11.2 Å². The fraction of sp³-hybridized carbons (Fsp3) is 0.167. The molecule has 0 unspecified atom stereocenters. The van der Waals surface area contributed by atoms with E-state index in [1.54, 1.807) is 0 Å². The molecule has 1 aromatic carbocycles. The Hall–Kier alpha value is -4.62. The first-order valence-electron chi connectivity index (χ1n) is 9.05. The second-order valence-corrected chi connectivity index (χ2v) is 6.81. The van der Waals surface area contributed by atoms with Crippen molar-refractivity contribution in [3.63, 3.8) is 0 Å². The van der Waals surface area contributed by atoms with E-state index in [1.165, 1.54) is 42.9 Å². The molecule has 0 atom stereocenters. The predicted molar refractivity (Wildman–Crippen MR) is 109 cm³/mol. The number of fused-ring (bicyclic) bond motifs is 1. The molecule has 3 aromatic heterocycles. The first kappa shape index (κ1) is 20.6. The number of aromatic hydroxyl groups is 1. The van der Waals surface area contributed by atoms with Crippen LogP contribution in [0.5, 0.6) is 5.88 Å². The number of nitrogens with zero attached hydrogens (tertiary/aromatic N) is 6. The van der Waals surface area contributed by atoms with E-state index in [1.807, 2.05) is 9.97 Å². The average molecular weight is 442 g/mol. The van der Waals surface area contributed by atoms with Crippen molar-refractivity contribution >= 4 is 22.8 Å². The monoisotopic (exact) mass is 442 g/mol. The number of rotatable bonds is 4. The second-order valence-electron chi connectivity index (χ2n) is 6.81. The Balaban J connectivity index is 1.96. The minimum absolute atomic E-state index is 0.00649. The van der Waals surface area contributed by atoms with Crippen LogP contribution in [0.2, 0.25) is 0 Å². The third-order valence-electron chi connectivity index (χ3n) is 4.72. The van der Waals surface area contributed by atoms with E-state index in [9.17, 15) is 28.7 Å². The molecule has 0 aliphatic heterocycles. The topological polar surface area (TPSA) is 172 Å². The summed E-state index contributed by atoms with van der Waals surface area (Å²) in [5.41, 5.74) is -3.18. The predicted octanol–water partition coefficient (Wildman–Crippen LogP) is 0.119. The van der Waals surface area contributed by atoms with Crippen LogP contribution >= 0.6 is 0 Å². The molecule has 32 heavy (non-hydrogen) atoms. The Morgan fingerprint density at radius 1 is 1.03 bits per heavy atom. The van der Waals surface area contributed by atoms with Gasteiger partial charge in [0, 0.05) is 14.1 Å². The average Bonchev–Trinajstić information content (AvgIpc) is 3.10. The second kappa shape index (κ2) is 7.57. The number of aromatic nitrogens is 6. The molecule has 164 valence electrons. The number of aryl methyl sites for hydroxylation is 1. The molecular formula is C18H15FN8O5. The zero-order valence-corrected chi connectivity index (χ0v) is 16.7. The van der Waals surface area contributed by atoms with Crippen LogP contribution in [-0.4, -0.2) is 33.8 Å². The number of halogens is 1. The molecule has 0 saturated carbocycles. The van der Waals surface area contributed by atoms with Gasteiger partial charge in [-0.1, -0.05) is 12.1 Å². The molecule has 0 fully saturated rings. The maximum atomic E-state index is 13.3. The fourth-order valence-electron chi connectivity index (χ4n) is 3.09. The van der Waals surface area contributed by atoms with E-state index >= 15 is 0 Å². The van der Waals surface area contributed by atoms with E-state index in [-0.39, 0.29) is 23.7 Å². The van der Waals surface area contributed by atoms with Crippen molar-refractivity contribution in [3.05, 3.63) is 77.3 Å². The van der Waals surface area contributed by atoms with Gasteiger partial charge in [0.15, 0.2) is 11.2 Å². The van der Waals surface area contributed by atoms with E-state index in [0.717, 1.165) is 9.13 Å². The molecule has 0 aliphatic rings. The van der Waals surface area contributed by atoms with Crippen LogP contribution in [0.4, 0.5) is 16.0 Å².